The van der Waals surface area contributed by atoms with Gasteiger partial charge in [-0.25, -0.2) is 0 Å². The van der Waals surface area contributed by atoms with Gasteiger partial charge >= 0.3 is 5.97 Å². The average Bonchev–Trinajstić information content (AvgIpc) is 3.04. The Labute approximate surface area is 135 Å². The number of nitrogens with one attached hydrogen (secondary N) is 1. The topological polar surface area (TPSA) is 79.5 Å². The Balaban J connectivity index is 1.77. The fourth-order valence-electron chi connectivity index (χ4n) is 2.37. The van der Waals surface area contributed by atoms with Crippen LogP contribution in [-0.2, 0) is 4.79 Å². The van der Waals surface area contributed by atoms with Crippen molar-refractivity contribution in [3.05, 3.63) is 48.4 Å². The third kappa shape index (κ3) is 5.29. The number of carbonyl (C=O) groups is 2. The van der Waals surface area contributed by atoms with Crippen LogP contribution in [0.15, 0.2) is 47.1 Å². The fraction of sp³-hybridized carbons (Fsp3) is 0.333. The highest BCUT2D eigenvalue weighted by Crippen LogP contribution is 2.24. The van der Waals surface area contributed by atoms with Crippen LogP contribution in [0.5, 0.6) is 0 Å². The second-order valence-corrected chi connectivity index (χ2v) is 5.34. The monoisotopic (exact) mass is 315 g/mol. The Hall–Kier alpha value is -2.56. The molecule has 0 aliphatic heterocycles. The predicted molar refractivity (Wildman–Crippen MR) is 87.2 cm³/mol. The number of amides is 1. The maximum absolute atomic E-state index is 12.2. The number of carboxylic acid groups (broad SMARTS) is 1. The van der Waals surface area contributed by atoms with Gasteiger partial charge in [-0.05, 0) is 24.5 Å². The molecule has 0 aliphatic rings. The van der Waals surface area contributed by atoms with E-state index in [-0.39, 0.29) is 12.3 Å². The van der Waals surface area contributed by atoms with Gasteiger partial charge in [0.05, 0.1) is 6.26 Å². The smallest absolute Gasteiger partial charge is 0.303 e. The van der Waals surface area contributed by atoms with E-state index >= 15 is 0 Å². The molecule has 1 heterocycles. The molecule has 0 fully saturated rings. The van der Waals surface area contributed by atoms with E-state index in [1.54, 1.807) is 6.07 Å². The number of benzene rings is 1. The van der Waals surface area contributed by atoms with E-state index < -0.39 is 5.97 Å². The third-order valence-corrected chi connectivity index (χ3v) is 3.56. The van der Waals surface area contributed by atoms with Gasteiger partial charge in [0.1, 0.15) is 0 Å². The summed E-state index contributed by atoms with van der Waals surface area (Å²) in [6, 6.07) is 11.4. The molecule has 0 aliphatic carbocycles. The van der Waals surface area contributed by atoms with Gasteiger partial charge in [-0.1, -0.05) is 43.2 Å². The van der Waals surface area contributed by atoms with E-state index in [1.807, 2.05) is 30.3 Å². The quantitative estimate of drug-likeness (QED) is 0.691. The number of hydrogen-bond acceptors (Lipinski definition) is 3. The lowest BCUT2D eigenvalue weighted by Crippen LogP contribution is -2.24. The van der Waals surface area contributed by atoms with Crippen LogP contribution in [0.2, 0.25) is 0 Å². The van der Waals surface area contributed by atoms with Crippen molar-refractivity contribution in [2.75, 3.05) is 6.54 Å². The zero-order valence-electron chi connectivity index (χ0n) is 13.0. The molecule has 23 heavy (non-hydrogen) atoms. The number of furan rings is 1. The van der Waals surface area contributed by atoms with Gasteiger partial charge in [0.25, 0.3) is 5.91 Å². The predicted octanol–water partition coefficient (Wildman–Crippen LogP) is 3.71. The van der Waals surface area contributed by atoms with Crippen molar-refractivity contribution in [1.29, 1.82) is 0 Å². The van der Waals surface area contributed by atoms with Crippen LogP contribution >= 0.6 is 0 Å². The van der Waals surface area contributed by atoms with Gasteiger partial charge in [-0.2, -0.15) is 0 Å². The maximum Gasteiger partial charge on any atom is 0.303 e. The van der Waals surface area contributed by atoms with Gasteiger partial charge in [0, 0.05) is 18.5 Å². The van der Waals surface area contributed by atoms with E-state index in [1.165, 1.54) is 6.26 Å². The van der Waals surface area contributed by atoms with Crippen LogP contribution < -0.4 is 5.32 Å². The summed E-state index contributed by atoms with van der Waals surface area (Å²) in [5, 5.41) is 11.4. The van der Waals surface area contributed by atoms with Crippen molar-refractivity contribution in [3.8, 4) is 11.1 Å². The molecule has 0 radical (unpaired) electrons. The first-order chi connectivity index (χ1) is 11.2. The van der Waals surface area contributed by atoms with Crippen molar-refractivity contribution in [2.45, 2.75) is 32.1 Å². The molecular formula is C18H21NO4. The molecule has 2 N–H and O–H groups in total. The average molecular weight is 315 g/mol. The van der Waals surface area contributed by atoms with Crippen molar-refractivity contribution in [2.24, 2.45) is 0 Å². The number of carboxylic acids is 1. The second kappa shape index (κ2) is 8.78. The summed E-state index contributed by atoms with van der Waals surface area (Å²) < 4.78 is 5.33. The molecule has 2 aromatic rings. The molecule has 122 valence electrons. The molecular weight excluding hydrogens is 294 g/mol. The summed E-state index contributed by atoms with van der Waals surface area (Å²) in [6.45, 7) is 0.556. The van der Waals surface area contributed by atoms with Crippen LogP contribution in [0.1, 0.15) is 42.7 Å². The van der Waals surface area contributed by atoms with Crippen LogP contribution in [0.25, 0.3) is 11.1 Å². The highest BCUT2D eigenvalue weighted by Gasteiger charge is 2.15. The highest BCUT2D eigenvalue weighted by molar-refractivity contribution is 5.98. The summed E-state index contributed by atoms with van der Waals surface area (Å²) in [5.41, 5.74) is 1.73. The molecule has 0 bridgehead atoms. The van der Waals surface area contributed by atoms with Crippen molar-refractivity contribution >= 4 is 11.9 Å². The van der Waals surface area contributed by atoms with Gasteiger partial charge < -0.3 is 14.8 Å². The molecule has 1 amide bonds. The molecule has 5 nitrogen and oxygen atoms in total. The summed E-state index contributed by atoms with van der Waals surface area (Å²) >= 11 is 0. The molecule has 1 aromatic heterocycles. The Bertz CT molecular complexity index is 633. The third-order valence-electron chi connectivity index (χ3n) is 3.56. The lowest BCUT2D eigenvalue weighted by atomic mass is 10.1. The minimum atomic E-state index is -0.760. The minimum Gasteiger partial charge on any atom is -0.481 e. The summed E-state index contributed by atoms with van der Waals surface area (Å²) in [5.74, 6) is -0.661. The molecule has 2 rings (SSSR count). The molecule has 1 aromatic carbocycles. The van der Waals surface area contributed by atoms with Crippen LogP contribution in [0.3, 0.4) is 0 Å². The van der Waals surface area contributed by atoms with E-state index in [9.17, 15) is 9.59 Å². The summed E-state index contributed by atoms with van der Waals surface area (Å²) in [7, 11) is 0. The lowest BCUT2D eigenvalue weighted by Gasteiger charge is -2.05. The lowest BCUT2D eigenvalue weighted by molar-refractivity contribution is -0.137. The van der Waals surface area contributed by atoms with E-state index in [2.05, 4.69) is 5.32 Å². The summed E-state index contributed by atoms with van der Waals surface area (Å²) in [6.07, 6.45) is 4.99. The fourth-order valence-corrected chi connectivity index (χ4v) is 2.37. The Morgan fingerprint density at radius 2 is 1.74 bits per heavy atom. The molecule has 0 saturated carbocycles. The van der Waals surface area contributed by atoms with Crippen molar-refractivity contribution in [1.82, 2.24) is 5.32 Å². The minimum absolute atomic E-state index is 0.208. The second-order valence-electron chi connectivity index (χ2n) is 5.34. The first-order valence-electron chi connectivity index (χ1n) is 7.81. The standard InChI is InChI=1S/C18H21NO4/c20-16(21)10-6-1-2-7-12-19-18(22)17-15(11-13-23-17)14-8-4-3-5-9-14/h3-5,8-9,11,13H,1-2,6-7,10,12H2,(H,19,22)(H,20,21). The van der Waals surface area contributed by atoms with Crippen LogP contribution in [-0.4, -0.2) is 23.5 Å². The molecule has 0 atom stereocenters. The SMILES string of the molecule is O=C(O)CCCCCCNC(=O)c1occc1-c1ccccc1. The van der Waals surface area contributed by atoms with Crippen molar-refractivity contribution in [3.63, 3.8) is 0 Å². The Morgan fingerprint density at radius 1 is 1.00 bits per heavy atom. The number of carbonyl (C=O) groups excluding carboxylic acids is 1. The highest BCUT2D eigenvalue weighted by atomic mass is 16.4. The molecule has 0 saturated heterocycles. The van der Waals surface area contributed by atoms with Crippen LogP contribution in [0, 0.1) is 0 Å². The first kappa shape index (κ1) is 16.8. The summed E-state index contributed by atoms with van der Waals surface area (Å²) in [4.78, 5) is 22.6. The van der Waals surface area contributed by atoms with Crippen molar-refractivity contribution < 1.29 is 19.1 Å². The number of hydrogen-bond donors (Lipinski definition) is 2. The zero-order valence-corrected chi connectivity index (χ0v) is 13.0. The molecule has 0 spiro atoms. The molecule has 5 heteroatoms. The molecule has 0 unspecified atom stereocenters. The Kier molecular flexibility index (Phi) is 6.41. The van der Waals surface area contributed by atoms with Gasteiger partial charge in [0.15, 0.2) is 5.76 Å². The number of rotatable bonds is 9. The van der Waals surface area contributed by atoms with Gasteiger partial charge in [0.2, 0.25) is 0 Å². The first-order valence-corrected chi connectivity index (χ1v) is 7.81. The normalized spacial score (nSPS) is 10.4. The maximum atomic E-state index is 12.2. The van der Waals surface area contributed by atoms with Gasteiger partial charge in [-0.15, -0.1) is 0 Å². The Morgan fingerprint density at radius 3 is 2.48 bits per heavy atom. The van der Waals surface area contributed by atoms with E-state index in [0.29, 0.717) is 18.7 Å². The van der Waals surface area contributed by atoms with Gasteiger partial charge in [-0.3, -0.25) is 9.59 Å². The van der Waals surface area contributed by atoms with Crippen LogP contribution in [0.4, 0.5) is 0 Å². The largest absolute Gasteiger partial charge is 0.481 e. The zero-order chi connectivity index (χ0) is 16.5. The number of aliphatic carboxylic acids is 1. The van der Waals surface area contributed by atoms with E-state index in [0.717, 1.165) is 30.4 Å². The number of unbranched alkanes of at least 4 members (excludes halogenated alkanes) is 3. The van der Waals surface area contributed by atoms with E-state index in [4.69, 9.17) is 9.52 Å².